The van der Waals surface area contributed by atoms with Crippen molar-refractivity contribution in [3.8, 4) is 0 Å². The van der Waals surface area contributed by atoms with E-state index in [9.17, 15) is 43.2 Å². The molecule has 0 heterocycles. The van der Waals surface area contributed by atoms with Gasteiger partial charge in [-0.25, -0.2) is 9.13 Å². The maximum atomic E-state index is 13.1. The van der Waals surface area contributed by atoms with Crippen molar-refractivity contribution >= 4 is 39.5 Å². The van der Waals surface area contributed by atoms with Gasteiger partial charge in [0.15, 0.2) is 12.2 Å². The molecule has 0 aromatic carbocycles. The highest BCUT2D eigenvalue weighted by atomic mass is 31.2. The normalized spacial score (nSPS) is 14.5. The van der Waals surface area contributed by atoms with Crippen LogP contribution in [0.1, 0.15) is 336 Å². The van der Waals surface area contributed by atoms with Gasteiger partial charge in [-0.05, 0) is 148 Å². The summed E-state index contributed by atoms with van der Waals surface area (Å²) in [6.07, 6.45) is 80.6. The summed E-state index contributed by atoms with van der Waals surface area (Å²) in [5.74, 6) is -2.21. The van der Waals surface area contributed by atoms with Gasteiger partial charge < -0.3 is 33.8 Å². The molecule has 0 amide bonds. The first-order valence-electron chi connectivity index (χ1n) is 40.1. The minimum atomic E-state index is -4.98. The van der Waals surface area contributed by atoms with Gasteiger partial charge in [0, 0.05) is 25.7 Å². The summed E-state index contributed by atoms with van der Waals surface area (Å²) in [6.45, 7) is 4.61. The fourth-order valence-corrected chi connectivity index (χ4v) is 12.2. The lowest BCUT2D eigenvalue weighted by molar-refractivity contribution is -0.161. The predicted octanol–water partition coefficient (Wildman–Crippen LogP) is 23.3. The maximum Gasteiger partial charge on any atom is 0.472 e. The van der Waals surface area contributed by atoms with E-state index in [1.54, 1.807) is 0 Å². The van der Waals surface area contributed by atoms with Crippen LogP contribution in [0.2, 0.25) is 0 Å². The Kier molecular flexibility index (Phi) is 71.8. The third kappa shape index (κ3) is 74.0. The van der Waals surface area contributed by atoms with Crippen molar-refractivity contribution in [2.24, 2.45) is 0 Å². The van der Waals surface area contributed by atoms with Crippen molar-refractivity contribution < 1.29 is 80.2 Å². The van der Waals surface area contributed by atoms with E-state index in [4.69, 9.17) is 37.0 Å². The highest BCUT2D eigenvalue weighted by molar-refractivity contribution is 7.47. The van der Waals surface area contributed by atoms with Crippen LogP contribution in [0.4, 0.5) is 0 Å². The Bertz CT molecular complexity index is 2360. The molecule has 0 aromatic rings. The number of ether oxygens (including phenoxy) is 4. The van der Waals surface area contributed by atoms with Crippen LogP contribution >= 0.6 is 15.6 Å². The van der Waals surface area contributed by atoms with Crippen LogP contribution < -0.4 is 0 Å². The topological polar surface area (TPSA) is 237 Å². The average Bonchev–Trinajstić information content (AvgIpc) is 0.924. The number of hydrogen-bond donors (Lipinski definition) is 3. The summed E-state index contributed by atoms with van der Waals surface area (Å²) < 4.78 is 68.6. The molecule has 0 radical (unpaired) electrons. The van der Waals surface area contributed by atoms with Crippen LogP contribution in [0.25, 0.3) is 0 Å². The highest BCUT2D eigenvalue weighted by Gasteiger charge is 2.30. The van der Waals surface area contributed by atoms with E-state index in [-0.39, 0.29) is 25.7 Å². The van der Waals surface area contributed by atoms with Gasteiger partial charge in [-0.1, -0.05) is 272 Å². The zero-order chi connectivity index (χ0) is 74.6. The molecule has 17 nitrogen and oxygen atoms in total. The fraction of sp³-hybridized carbons (Fsp3) is 0.735. The Hall–Kier alpha value is -4.28. The molecule has 0 spiro atoms. The Labute approximate surface area is 619 Å². The third-order valence-corrected chi connectivity index (χ3v) is 18.6. The fourth-order valence-electron chi connectivity index (χ4n) is 10.6. The average molecular weight is 1480 g/mol. The van der Waals surface area contributed by atoms with E-state index in [1.165, 1.54) is 64.2 Å². The number of aliphatic hydroxyl groups is 1. The molecule has 0 rings (SSSR count). The van der Waals surface area contributed by atoms with Crippen molar-refractivity contribution in [2.75, 3.05) is 39.6 Å². The van der Waals surface area contributed by atoms with Gasteiger partial charge in [0.05, 0.1) is 26.4 Å². The Morgan fingerprint density at radius 3 is 0.804 bits per heavy atom. The zero-order valence-electron chi connectivity index (χ0n) is 64.3. The standard InChI is InChI=1S/C83H144O17P2/c1-5-9-13-17-21-25-29-33-36-37-38-39-42-45-48-52-56-60-64-68-81(86)94-74-79(100-83(88)70-66-62-58-54-50-46-41-35-31-27-23-19-15-11-7-3)76-98-102(91,92)96-72-77(84)71-95-101(89,90)97-75-78(99-82(87)69-65-61-57-53-49-43-32-28-24-20-16-12-8-4)73-93-80(85)67-63-59-55-51-47-44-40-34-30-26-22-18-14-10-6-2/h9-10,13-14,21-22,25-26,28,32-36,38-41,77-79,84H,5-8,11-12,15-20,23-24,27,29-31,37,42-76H2,1-4H3,(H,89,90)(H,91,92)/b13-9-,14-10-,25-21-,26-22-,32-28-,36-33-,39-38-,40-34-,41-35-. The monoisotopic (exact) mass is 1470 g/mol. The van der Waals surface area contributed by atoms with Gasteiger partial charge in [-0.15, -0.1) is 0 Å². The summed E-state index contributed by atoms with van der Waals surface area (Å²) in [4.78, 5) is 73.0. The van der Waals surface area contributed by atoms with Gasteiger partial charge >= 0.3 is 39.5 Å². The van der Waals surface area contributed by atoms with Crippen LogP contribution in [-0.4, -0.2) is 96.7 Å². The molecule has 5 unspecified atom stereocenters. The number of esters is 4. The number of carbonyl (C=O) groups excluding carboxylic acids is 4. The largest absolute Gasteiger partial charge is 0.472 e. The summed E-state index contributed by atoms with van der Waals surface area (Å²) in [6, 6.07) is 0. The minimum absolute atomic E-state index is 0.0804. The first-order chi connectivity index (χ1) is 49.7. The van der Waals surface area contributed by atoms with Crippen molar-refractivity contribution in [3.63, 3.8) is 0 Å². The first kappa shape index (κ1) is 97.7. The molecule has 3 N–H and O–H groups in total. The van der Waals surface area contributed by atoms with E-state index < -0.39 is 97.5 Å². The second kappa shape index (κ2) is 75.0. The van der Waals surface area contributed by atoms with E-state index >= 15 is 0 Å². The lowest BCUT2D eigenvalue weighted by atomic mass is 10.1. The molecule has 0 aliphatic rings. The summed E-state index contributed by atoms with van der Waals surface area (Å²) in [7, 11) is -9.97. The maximum absolute atomic E-state index is 13.1. The molecule has 588 valence electrons. The number of rotatable bonds is 75. The Balaban J connectivity index is 5.37. The quantitative estimate of drug-likeness (QED) is 0.0169. The zero-order valence-corrected chi connectivity index (χ0v) is 66.0. The number of aliphatic hydroxyl groups excluding tert-OH is 1. The second-order valence-electron chi connectivity index (χ2n) is 26.6. The van der Waals surface area contributed by atoms with Crippen LogP contribution in [0, 0.1) is 0 Å². The van der Waals surface area contributed by atoms with Crippen molar-refractivity contribution in [2.45, 2.75) is 354 Å². The Morgan fingerprint density at radius 2 is 0.510 bits per heavy atom. The van der Waals surface area contributed by atoms with Gasteiger partial charge in [-0.3, -0.25) is 37.3 Å². The molecule has 0 saturated carbocycles. The lowest BCUT2D eigenvalue weighted by Crippen LogP contribution is -2.30. The molecule has 102 heavy (non-hydrogen) atoms. The van der Waals surface area contributed by atoms with E-state index in [0.717, 1.165) is 193 Å². The van der Waals surface area contributed by atoms with Crippen LogP contribution in [-0.2, 0) is 65.4 Å². The molecule has 5 atom stereocenters. The smallest absolute Gasteiger partial charge is 0.462 e. The van der Waals surface area contributed by atoms with E-state index in [2.05, 4.69) is 137 Å². The van der Waals surface area contributed by atoms with Gasteiger partial charge in [0.25, 0.3) is 0 Å². The molecule has 0 aliphatic carbocycles. The minimum Gasteiger partial charge on any atom is -0.462 e. The molecule has 0 bridgehead atoms. The lowest BCUT2D eigenvalue weighted by Gasteiger charge is -2.21. The summed E-state index contributed by atoms with van der Waals surface area (Å²) in [5, 5.41) is 10.6. The summed E-state index contributed by atoms with van der Waals surface area (Å²) >= 11 is 0. The van der Waals surface area contributed by atoms with Gasteiger partial charge in [0.2, 0.25) is 0 Å². The van der Waals surface area contributed by atoms with Gasteiger partial charge in [0.1, 0.15) is 19.3 Å². The molecule has 19 heteroatoms. The highest BCUT2D eigenvalue weighted by Crippen LogP contribution is 2.45. The predicted molar refractivity (Wildman–Crippen MR) is 418 cm³/mol. The molecule has 0 saturated heterocycles. The van der Waals surface area contributed by atoms with E-state index in [1.807, 2.05) is 0 Å². The molecule has 0 aromatic heterocycles. The number of phosphoric ester groups is 2. The Morgan fingerprint density at radius 1 is 0.284 bits per heavy atom. The van der Waals surface area contributed by atoms with Crippen LogP contribution in [0.5, 0.6) is 0 Å². The van der Waals surface area contributed by atoms with Crippen molar-refractivity contribution in [1.29, 1.82) is 0 Å². The summed E-state index contributed by atoms with van der Waals surface area (Å²) in [5.41, 5.74) is 0. The first-order valence-corrected chi connectivity index (χ1v) is 43.1. The molecular formula is C83H144O17P2. The molecule has 0 aliphatic heterocycles. The number of phosphoric acid groups is 2. The SMILES string of the molecule is CC/C=C\C/C=C\C/C=C\C/C=C\CCCCCCCCC(=O)OCC(COP(=O)(O)OCC(O)COP(=O)(O)OCC(COC(=O)CCCCCCC/C=C\C/C=C\C/C=C\CC)OC(=O)CCCCCCC/C=C\CCCCCC)OC(=O)CCCCCCC/C=C\CCCCCCCC. The number of carbonyl (C=O) groups is 4. The number of hydrogen-bond acceptors (Lipinski definition) is 15. The van der Waals surface area contributed by atoms with Crippen molar-refractivity contribution in [3.05, 3.63) is 109 Å². The number of allylic oxidation sites excluding steroid dienone is 18. The molecular weight excluding hydrogens is 1330 g/mol. The van der Waals surface area contributed by atoms with E-state index in [0.29, 0.717) is 25.7 Å². The van der Waals surface area contributed by atoms with Crippen LogP contribution in [0.15, 0.2) is 109 Å². The third-order valence-electron chi connectivity index (χ3n) is 16.7. The van der Waals surface area contributed by atoms with Gasteiger partial charge in [-0.2, -0.15) is 0 Å². The molecule has 0 fully saturated rings. The van der Waals surface area contributed by atoms with Crippen molar-refractivity contribution in [1.82, 2.24) is 0 Å². The second-order valence-corrected chi connectivity index (χ2v) is 29.5. The number of unbranched alkanes of at least 4 members (excludes halogenated alkanes) is 31. The van der Waals surface area contributed by atoms with Crippen LogP contribution in [0.3, 0.4) is 0 Å².